The molecule has 1 amide bonds. The first-order chi connectivity index (χ1) is 10.4. The van der Waals surface area contributed by atoms with E-state index < -0.39 is 24.3 Å². The summed E-state index contributed by atoms with van der Waals surface area (Å²) in [6, 6.07) is 3.45. The zero-order valence-corrected chi connectivity index (χ0v) is 12.6. The Kier molecular flexibility index (Phi) is 7.31. The van der Waals surface area contributed by atoms with Crippen LogP contribution in [0.2, 0.25) is 5.02 Å². The molecule has 0 radical (unpaired) electrons. The third-order valence-electron chi connectivity index (χ3n) is 2.59. The lowest BCUT2D eigenvalue weighted by molar-refractivity contribution is -0.140. The van der Waals surface area contributed by atoms with Crippen molar-refractivity contribution in [2.75, 3.05) is 20.3 Å². The largest absolute Gasteiger partial charge is 0.469 e. The van der Waals surface area contributed by atoms with Crippen LogP contribution in [-0.4, -0.2) is 38.1 Å². The van der Waals surface area contributed by atoms with E-state index in [1.807, 2.05) is 0 Å². The van der Waals surface area contributed by atoms with Crippen LogP contribution in [0, 0.1) is 5.82 Å². The van der Waals surface area contributed by atoms with Crippen molar-refractivity contribution in [3.05, 3.63) is 34.6 Å². The Morgan fingerprint density at radius 1 is 1.32 bits per heavy atom. The molecule has 0 aliphatic heterocycles. The van der Waals surface area contributed by atoms with Gasteiger partial charge in [0.1, 0.15) is 5.82 Å². The van der Waals surface area contributed by atoms with Gasteiger partial charge in [0.15, 0.2) is 6.61 Å². The summed E-state index contributed by atoms with van der Waals surface area (Å²) in [5, 5.41) is 2.63. The quantitative estimate of drug-likeness (QED) is 0.607. The highest BCUT2D eigenvalue weighted by molar-refractivity contribution is 6.30. The molecule has 1 aromatic carbocycles. The number of ether oxygens (including phenoxy) is 2. The van der Waals surface area contributed by atoms with Gasteiger partial charge in [-0.1, -0.05) is 11.6 Å². The zero-order chi connectivity index (χ0) is 16.5. The van der Waals surface area contributed by atoms with Crippen molar-refractivity contribution in [1.29, 1.82) is 0 Å². The molecule has 0 aliphatic rings. The van der Waals surface area contributed by atoms with Gasteiger partial charge in [-0.2, -0.15) is 0 Å². The fraction of sp³-hybridized carbons (Fsp3) is 0.357. The number of carbonyl (C=O) groups excluding carboxylic acids is 3. The molecule has 0 saturated heterocycles. The van der Waals surface area contributed by atoms with Gasteiger partial charge in [0.2, 0.25) is 0 Å². The average Bonchev–Trinajstić information content (AvgIpc) is 2.51. The average molecular weight is 332 g/mol. The summed E-state index contributed by atoms with van der Waals surface area (Å²) in [6.07, 6.45) is 0.569. The zero-order valence-electron chi connectivity index (χ0n) is 11.9. The van der Waals surface area contributed by atoms with Crippen LogP contribution in [0.15, 0.2) is 18.2 Å². The number of benzene rings is 1. The lowest BCUT2D eigenvalue weighted by Gasteiger charge is -2.07. The summed E-state index contributed by atoms with van der Waals surface area (Å²) in [7, 11) is 1.27. The smallest absolute Gasteiger partial charge is 0.341 e. The maximum Gasteiger partial charge on any atom is 0.341 e. The molecule has 0 heterocycles. The highest BCUT2D eigenvalue weighted by Crippen LogP contribution is 2.15. The minimum Gasteiger partial charge on any atom is -0.469 e. The molecule has 120 valence electrons. The molecule has 0 fully saturated rings. The third kappa shape index (κ3) is 6.09. The highest BCUT2D eigenvalue weighted by atomic mass is 35.5. The van der Waals surface area contributed by atoms with E-state index in [-0.39, 0.29) is 29.5 Å². The highest BCUT2D eigenvalue weighted by Gasteiger charge is 2.15. The van der Waals surface area contributed by atoms with Gasteiger partial charge in [-0.05, 0) is 24.6 Å². The monoisotopic (exact) mass is 331 g/mol. The first-order valence-electron chi connectivity index (χ1n) is 6.39. The Morgan fingerprint density at radius 3 is 2.73 bits per heavy atom. The Labute approximate surface area is 131 Å². The minimum absolute atomic E-state index is 0.171. The number of halogens is 2. The standard InChI is InChI=1S/C14H15ClFNO5/c1-21-13(19)3-2-6-17-12(18)8-22-14(20)10-7-9(15)4-5-11(10)16/h4-5,7H,2-3,6,8H2,1H3,(H,17,18). The molecule has 0 bridgehead atoms. The molecule has 0 atom stereocenters. The molecular weight excluding hydrogens is 317 g/mol. The summed E-state index contributed by atoms with van der Waals surface area (Å²) >= 11 is 5.65. The SMILES string of the molecule is COC(=O)CCCNC(=O)COC(=O)c1cc(Cl)ccc1F. The summed E-state index contributed by atoms with van der Waals surface area (Å²) in [5.74, 6) is -2.70. The molecule has 0 aliphatic carbocycles. The van der Waals surface area contributed by atoms with Crippen LogP contribution < -0.4 is 5.32 Å². The predicted octanol–water partition coefficient (Wildman–Crippen LogP) is 1.71. The van der Waals surface area contributed by atoms with Gasteiger partial charge < -0.3 is 14.8 Å². The second-order valence-electron chi connectivity index (χ2n) is 4.23. The number of methoxy groups -OCH3 is 1. The van der Waals surface area contributed by atoms with E-state index in [0.29, 0.717) is 6.42 Å². The maximum absolute atomic E-state index is 13.4. The van der Waals surface area contributed by atoms with Crippen LogP contribution in [0.5, 0.6) is 0 Å². The number of hydrogen-bond donors (Lipinski definition) is 1. The fourth-order valence-electron chi connectivity index (χ4n) is 1.48. The molecule has 8 heteroatoms. The Bertz CT molecular complexity index is 564. The Balaban J connectivity index is 2.33. The van der Waals surface area contributed by atoms with Crippen molar-refractivity contribution in [2.24, 2.45) is 0 Å². The second-order valence-corrected chi connectivity index (χ2v) is 4.67. The van der Waals surface area contributed by atoms with Crippen LogP contribution in [0.4, 0.5) is 4.39 Å². The molecule has 0 aromatic heterocycles. The van der Waals surface area contributed by atoms with Gasteiger partial charge in [0, 0.05) is 18.0 Å². The van der Waals surface area contributed by atoms with Crippen LogP contribution in [-0.2, 0) is 19.1 Å². The van der Waals surface area contributed by atoms with Crippen molar-refractivity contribution in [3.63, 3.8) is 0 Å². The fourth-order valence-corrected chi connectivity index (χ4v) is 1.65. The van der Waals surface area contributed by atoms with Crippen molar-refractivity contribution < 1.29 is 28.2 Å². The van der Waals surface area contributed by atoms with Gasteiger partial charge in [-0.25, -0.2) is 9.18 Å². The van der Waals surface area contributed by atoms with Crippen LogP contribution in [0.3, 0.4) is 0 Å². The van der Waals surface area contributed by atoms with Gasteiger partial charge in [0.25, 0.3) is 5.91 Å². The van der Waals surface area contributed by atoms with Gasteiger partial charge in [0.05, 0.1) is 12.7 Å². The van der Waals surface area contributed by atoms with Crippen molar-refractivity contribution in [2.45, 2.75) is 12.8 Å². The number of esters is 2. The van der Waals surface area contributed by atoms with E-state index in [1.165, 1.54) is 13.2 Å². The first-order valence-corrected chi connectivity index (χ1v) is 6.77. The van der Waals surface area contributed by atoms with Crippen molar-refractivity contribution in [1.82, 2.24) is 5.32 Å². The molecular formula is C14H15ClFNO5. The lowest BCUT2D eigenvalue weighted by atomic mass is 10.2. The number of hydrogen-bond acceptors (Lipinski definition) is 5. The lowest BCUT2D eigenvalue weighted by Crippen LogP contribution is -2.30. The second kappa shape index (κ2) is 8.99. The minimum atomic E-state index is -0.982. The molecule has 22 heavy (non-hydrogen) atoms. The van der Waals surface area contributed by atoms with Crippen LogP contribution in [0.25, 0.3) is 0 Å². The topological polar surface area (TPSA) is 81.7 Å². The summed E-state index contributed by atoms with van der Waals surface area (Å²) in [6.45, 7) is -0.319. The van der Waals surface area contributed by atoms with E-state index >= 15 is 0 Å². The first kappa shape index (κ1) is 17.9. The Hall–Kier alpha value is -2.15. The van der Waals surface area contributed by atoms with Gasteiger partial charge in [-0.15, -0.1) is 0 Å². The maximum atomic E-state index is 13.4. The van der Waals surface area contributed by atoms with E-state index in [9.17, 15) is 18.8 Å². The molecule has 1 aromatic rings. The summed E-state index contributed by atoms with van der Waals surface area (Å²) < 4.78 is 22.5. The molecule has 0 spiro atoms. The van der Waals surface area contributed by atoms with Crippen molar-refractivity contribution >= 4 is 29.4 Å². The normalized spacial score (nSPS) is 9.95. The molecule has 1 N–H and O–H groups in total. The van der Waals surface area contributed by atoms with Gasteiger partial charge >= 0.3 is 11.9 Å². The number of amides is 1. The van der Waals surface area contributed by atoms with E-state index in [1.54, 1.807) is 0 Å². The number of nitrogens with one attached hydrogen (secondary N) is 1. The van der Waals surface area contributed by atoms with Crippen LogP contribution >= 0.6 is 11.6 Å². The van der Waals surface area contributed by atoms with E-state index in [2.05, 4.69) is 14.8 Å². The van der Waals surface area contributed by atoms with Crippen molar-refractivity contribution in [3.8, 4) is 0 Å². The summed E-state index contributed by atoms with van der Waals surface area (Å²) in [4.78, 5) is 33.9. The predicted molar refractivity (Wildman–Crippen MR) is 76.0 cm³/mol. The van der Waals surface area contributed by atoms with E-state index in [0.717, 1.165) is 12.1 Å². The molecule has 1 rings (SSSR count). The molecule has 6 nitrogen and oxygen atoms in total. The summed E-state index contributed by atoms with van der Waals surface area (Å²) in [5.41, 5.74) is -0.342. The number of rotatable bonds is 7. The van der Waals surface area contributed by atoms with Crippen LogP contribution in [0.1, 0.15) is 23.2 Å². The third-order valence-corrected chi connectivity index (χ3v) is 2.83. The van der Waals surface area contributed by atoms with E-state index in [4.69, 9.17) is 11.6 Å². The molecule has 0 saturated carbocycles. The number of carbonyl (C=O) groups is 3. The van der Waals surface area contributed by atoms with Gasteiger partial charge in [-0.3, -0.25) is 9.59 Å². The Morgan fingerprint density at radius 2 is 2.05 bits per heavy atom. The molecule has 0 unspecified atom stereocenters.